The van der Waals surface area contributed by atoms with Gasteiger partial charge < -0.3 is 9.80 Å². The monoisotopic (exact) mass is 264 g/mol. The minimum absolute atomic E-state index is 0.996. The second-order valence-electron chi connectivity index (χ2n) is 6.01. The lowest BCUT2D eigenvalue weighted by Crippen LogP contribution is -2.27. The van der Waals surface area contributed by atoms with E-state index in [0.29, 0.717) is 0 Å². The second-order valence-corrected chi connectivity index (χ2v) is 6.01. The Balaban J connectivity index is 1.74. The lowest BCUT2D eigenvalue weighted by Gasteiger charge is -2.30. The normalized spacial score (nSPS) is 20.9. The lowest BCUT2D eigenvalue weighted by molar-refractivity contribution is 0.325. The van der Waals surface area contributed by atoms with E-state index >= 15 is 0 Å². The molecule has 20 heavy (non-hydrogen) atoms. The summed E-state index contributed by atoms with van der Waals surface area (Å²) < 4.78 is 0. The van der Waals surface area contributed by atoms with E-state index in [-0.39, 0.29) is 0 Å². The molecule has 0 unspecified atom stereocenters. The molecule has 0 amide bonds. The van der Waals surface area contributed by atoms with Crippen molar-refractivity contribution in [1.82, 2.24) is 9.80 Å². The van der Waals surface area contributed by atoms with Crippen molar-refractivity contribution in [3.63, 3.8) is 0 Å². The Labute approximate surface area is 120 Å². The number of allylic oxidation sites excluding steroid dienone is 4. The van der Waals surface area contributed by atoms with Crippen LogP contribution in [0.2, 0.25) is 0 Å². The molecule has 0 aromatic heterocycles. The van der Waals surface area contributed by atoms with Crippen LogP contribution >= 0.6 is 0 Å². The van der Waals surface area contributed by atoms with Gasteiger partial charge in [0, 0.05) is 18.9 Å². The summed E-state index contributed by atoms with van der Waals surface area (Å²) in [6.07, 6.45) is 11.5. The Kier molecular flexibility index (Phi) is 2.69. The van der Waals surface area contributed by atoms with Crippen LogP contribution in [0.1, 0.15) is 24.0 Å². The molecule has 0 atom stereocenters. The quantitative estimate of drug-likeness (QED) is 0.708. The third-order valence-corrected chi connectivity index (χ3v) is 4.53. The lowest BCUT2D eigenvalue weighted by atomic mass is 9.95. The van der Waals surface area contributed by atoms with Crippen molar-refractivity contribution < 1.29 is 0 Å². The van der Waals surface area contributed by atoms with Gasteiger partial charge in [0.25, 0.3) is 0 Å². The molecule has 0 N–H and O–H groups in total. The molecule has 4 bridgehead atoms. The van der Waals surface area contributed by atoms with E-state index < -0.39 is 0 Å². The van der Waals surface area contributed by atoms with E-state index in [9.17, 15) is 0 Å². The highest BCUT2D eigenvalue weighted by molar-refractivity contribution is 5.43. The van der Waals surface area contributed by atoms with Crippen LogP contribution < -0.4 is 0 Å². The Bertz CT molecular complexity index is 619. The maximum atomic E-state index is 2.49. The van der Waals surface area contributed by atoms with Gasteiger partial charge in [0.2, 0.25) is 0 Å². The standard InChI is InChI=1S/C18H20N2/c1-19-12-18-16-8-6-14-2-4-15(5-3-14)7-10-17(11-9-16)20(18)13-19/h2-5,9,11-12H,6-8,10,13H2,1H3. The van der Waals surface area contributed by atoms with Crippen LogP contribution in [0.5, 0.6) is 0 Å². The molecule has 0 fully saturated rings. The first-order valence-corrected chi connectivity index (χ1v) is 7.47. The minimum atomic E-state index is 0.996. The van der Waals surface area contributed by atoms with Crippen molar-refractivity contribution in [2.75, 3.05) is 13.7 Å². The molecule has 2 nitrogen and oxygen atoms in total. The Morgan fingerprint density at radius 1 is 0.850 bits per heavy atom. The summed E-state index contributed by atoms with van der Waals surface area (Å²) in [4.78, 5) is 4.77. The number of benzene rings is 1. The molecule has 102 valence electrons. The van der Waals surface area contributed by atoms with Crippen LogP contribution in [0.4, 0.5) is 0 Å². The maximum absolute atomic E-state index is 2.49. The summed E-state index contributed by atoms with van der Waals surface area (Å²) >= 11 is 0. The molecule has 4 aliphatic heterocycles. The highest BCUT2D eigenvalue weighted by Crippen LogP contribution is 2.34. The van der Waals surface area contributed by atoms with Gasteiger partial charge >= 0.3 is 0 Å². The summed E-state index contributed by atoms with van der Waals surface area (Å²) in [5.74, 6) is 0. The van der Waals surface area contributed by atoms with Crippen molar-refractivity contribution in [2.45, 2.75) is 25.7 Å². The summed E-state index contributed by atoms with van der Waals surface area (Å²) in [6, 6.07) is 9.19. The molecule has 7 rings (SSSR count). The zero-order valence-corrected chi connectivity index (χ0v) is 12.0. The SMILES string of the molecule is CN1C=C2C3=CC=C(CCc4ccc(cc4)CC3)N2C1. The van der Waals surface area contributed by atoms with Gasteiger partial charge in [-0.1, -0.05) is 30.3 Å². The summed E-state index contributed by atoms with van der Waals surface area (Å²) in [5, 5.41) is 0. The molecule has 2 aliphatic carbocycles. The second kappa shape index (κ2) is 4.55. The average Bonchev–Trinajstić information content (AvgIpc) is 2.83. The van der Waals surface area contributed by atoms with Crippen LogP contribution in [0.15, 0.2) is 59.6 Å². The molecular formula is C18H20N2. The molecule has 0 spiro atoms. The minimum Gasteiger partial charge on any atom is -0.361 e. The van der Waals surface area contributed by atoms with Gasteiger partial charge in [-0.3, -0.25) is 0 Å². The van der Waals surface area contributed by atoms with Gasteiger partial charge in [-0.15, -0.1) is 0 Å². The fraction of sp³-hybridized carbons (Fsp3) is 0.333. The highest BCUT2D eigenvalue weighted by atomic mass is 15.4. The van der Waals surface area contributed by atoms with Gasteiger partial charge in [0.15, 0.2) is 0 Å². The Morgan fingerprint density at radius 2 is 1.55 bits per heavy atom. The largest absolute Gasteiger partial charge is 0.361 e. The zero-order valence-electron chi connectivity index (χ0n) is 12.0. The predicted octanol–water partition coefficient (Wildman–Crippen LogP) is 3.44. The number of aryl methyl sites for hydroxylation is 2. The predicted molar refractivity (Wildman–Crippen MR) is 81.8 cm³/mol. The number of rotatable bonds is 0. The Hall–Kier alpha value is -1.96. The fourth-order valence-corrected chi connectivity index (χ4v) is 3.35. The van der Waals surface area contributed by atoms with Crippen LogP contribution in [0.25, 0.3) is 0 Å². The average molecular weight is 264 g/mol. The third-order valence-electron chi connectivity index (χ3n) is 4.53. The molecule has 0 radical (unpaired) electrons. The van der Waals surface area contributed by atoms with Crippen molar-refractivity contribution in [2.24, 2.45) is 0 Å². The van der Waals surface area contributed by atoms with Crippen LogP contribution in [-0.2, 0) is 12.8 Å². The van der Waals surface area contributed by atoms with Crippen molar-refractivity contribution >= 4 is 0 Å². The zero-order chi connectivity index (χ0) is 13.5. The van der Waals surface area contributed by atoms with Gasteiger partial charge in [-0.2, -0.15) is 0 Å². The molecule has 1 aromatic rings. The highest BCUT2D eigenvalue weighted by Gasteiger charge is 2.26. The van der Waals surface area contributed by atoms with Gasteiger partial charge in [-0.25, -0.2) is 0 Å². The molecule has 6 aliphatic rings. The van der Waals surface area contributed by atoms with Crippen molar-refractivity contribution in [1.29, 1.82) is 0 Å². The van der Waals surface area contributed by atoms with Gasteiger partial charge in [-0.05, 0) is 48.5 Å². The van der Waals surface area contributed by atoms with E-state index in [4.69, 9.17) is 0 Å². The number of hydrogen-bond donors (Lipinski definition) is 0. The smallest absolute Gasteiger partial charge is 0.0941 e. The molecule has 2 heteroatoms. The van der Waals surface area contributed by atoms with E-state index in [0.717, 1.165) is 32.4 Å². The van der Waals surface area contributed by atoms with Crippen LogP contribution in [0.3, 0.4) is 0 Å². The van der Waals surface area contributed by atoms with E-state index in [1.165, 1.54) is 28.1 Å². The molecular weight excluding hydrogens is 244 g/mol. The maximum Gasteiger partial charge on any atom is 0.0941 e. The van der Waals surface area contributed by atoms with E-state index in [1.807, 2.05) is 0 Å². The van der Waals surface area contributed by atoms with Gasteiger partial charge in [0.05, 0.1) is 12.4 Å². The summed E-state index contributed by atoms with van der Waals surface area (Å²) in [6.45, 7) is 0.996. The number of nitrogens with zero attached hydrogens (tertiary/aromatic N) is 2. The van der Waals surface area contributed by atoms with E-state index in [1.54, 1.807) is 0 Å². The molecule has 0 saturated carbocycles. The van der Waals surface area contributed by atoms with Crippen LogP contribution in [-0.4, -0.2) is 23.5 Å². The molecule has 0 saturated heterocycles. The third kappa shape index (κ3) is 1.96. The fourth-order valence-electron chi connectivity index (χ4n) is 3.35. The Morgan fingerprint density at radius 3 is 2.30 bits per heavy atom. The first kappa shape index (κ1) is 11.8. The molecule has 1 aromatic carbocycles. The molecule has 4 heterocycles. The van der Waals surface area contributed by atoms with E-state index in [2.05, 4.69) is 59.5 Å². The van der Waals surface area contributed by atoms with Crippen LogP contribution in [0, 0.1) is 0 Å². The summed E-state index contributed by atoms with van der Waals surface area (Å²) in [5.41, 5.74) is 7.24. The first-order valence-electron chi connectivity index (χ1n) is 7.47. The van der Waals surface area contributed by atoms with Crippen molar-refractivity contribution in [3.8, 4) is 0 Å². The van der Waals surface area contributed by atoms with Crippen molar-refractivity contribution in [3.05, 3.63) is 70.7 Å². The summed E-state index contributed by atoms with van der Waals surface area (Å²) in [7, 11) is 2.16. The topological polar surface area (TPSA) is 6.48 Å². The first-order chi connectivity index (χ1) is 9.79. The van der Waals surface area contributed by atoms with Gasteiger partial charge in [0.1, 0.15) is 0 Å². The number of hydrogen-bond acceptors (Lipinski definition) is 2.